The molecule has 1 saturated carbocycles. The monoisotopic (exact) mass is 181 g/mol. The first kappa shape index (κ1) is 13.1. The van der Waals surface area contributed by atoms with Crippen molar-refractivity contribution >= 4 is 7.28 Å². The lowest BCUT2D eigenvalue weighted by Gasteiger charge is -2.27. The van der Waals surface area contributed by atoms with Gasteiger partial charge < -0.3 is 0 Å². The molecule has 0 atom stereocenters. The molecule has 0 aromatic carbocycles. The molecule has 1 radical (unpaired) electrons. The van der Waals surface area contributed by atoms with E-state index >= 15 is 0 Å². The van der Waals surface area contributed by atoms with Gasteiger partial charge in [-0.25, -0.2) is 0 Å². The summed E-state index contributed by atoms with van der Waals surface area (Å²) in [6.07, 6.45) is 10.2. The second-order valence-electron chi connectivity index (χ2n) is 4.26. The number of rotatable bonds is 4. The molecular weight excluding hydrogens is 155 g/mol. The Morgan fingerprint density at radius 3 is 2.23 bits per heavy atom. The predicted molar refractivity (Wildman–Crippen MR) is 63.6 cm³/mol. The lowest BCUT2D eigenvalue weighted by Crippen LogP contribution is -2.13. The molecule has 0 nitrogen and oxygen atoms in total. The van der Waals surface area contributed by atoms with Gasteiger partial charge in [-0.2, -0.15) is 0 Å². The Morgan fingerprint density at radius 2 is 1.77 bits per heavy atom. The molecule has 0 N–H and O–H groups in total. The molecule has 13 heavy (non-hydrogen) atoms. The Morgan fingerprint density at radius 1 is 1.15 bits per heavy atom. The highest BCUT2D eigenvalue weighted by molar-refractivity contribution is 6.35. The highest BCUT2D eigenvalue weighted by Crippen LogP contribution is 2.34. The molecule has 1 aliphatic carbocycles. The van der Waals surface area contributed by atoms with E-state index < -0.39 is 0 Å². The van der Waals surface area contributed by atoms with Crippen molar-refractivity contribution in [3.05, 3.63) is 0 Å². The molecule has 0 aromatic rings. The van der Waals surface area contributed by atoms with Crippen molar-refractivity contribution in [2.75, 3.05) is 0 Å². The van der Waals surface area contributed by atoms with E-state index in [1.807, 2.05) is 0 Å². The summed E-state index contributed by atoms with van der Waals surface area (Å²) in [5, 5.41) is 0. The lowest BCUT2D eigenvalue weighted by atomic mass is 9.59. The van der Waals surface area contributed by atoms with Gasteiger partial charge in [0.15, 0.2) is 0 Å². The lowest BCUT2D eigenvalue weighted by molar-refractivity contribution is 0.330. The molecule has 0 saturated heterocycles. The minimum absolute atomic E-state index is 0. The van der Waals surface area contributed by atoms with Gasteiger partial charge in [0.05, 0.1) is 0 Å². The van der Waals surface area contributed by atoms with Crippen molar-refractivity contribution in [3.8, 4) is 0 Å². The third-order valence-corrected chi connectivity index (χ3v) is 3.33. The fraction of sp³-hybridized carbons (Fsp3) is 1.00. The van der Waals surface area contributed by atoms with Crippen LogP contribution in [0.2, 0.25) is 12.6 Å². The Kier molecular flexibility index (Phi) is 7.50. The molecule has 0 unspecified atom stereocenters. The van der Waals surface area contributed by atoms with Crippen LogP contribution in [0.5, 0.6) is 0 Å². The number of unbranched alkanes of at least 4 members (excludes halogenated alkanes) is 1. The smallest absolute Gasteiger partial charge is 0.0917 e. The fourth-order valence-corrected chi connectivity index (χ4v) is 2.30. The quantitative estimate of drug-likeness (QED) is 0.558. The second-order valence-corrected chi connectivity index (χ2v) is 4.26. The summed E-state index contributed by atoms with van der Waals surface area (Å²) < 4.78 is 0. The summed E-state index contributed by atoms with van der Waals surface area (Å²) in [5.41, 5.74) is 0. The van der Waals surface area contributed by atoms with Crippen LogP contribution < -0.4 is 0 Å². The summed E-state index contributed by atoms with van der Waals surface area (Å²) >= 11 is 0. The van der Waals surface area contributed by atoms with E-state index in [0.29, 0.717) is 0 Å². The van der Waals surface area contributed by atoms with Gasteiger partial charge in [-0.3, -0.25) is 0 Å². The molecule has 1 fully saturated rings. The Bertz CT molecular complexity index is 104. The molecule has 1 rings (SSSR count). The SMILES string of the molecule is C.C[B]C1CCC(CCCC)CC1. The van der Waals surface area contributed by atoms with E-state index in [4.69, 9.17) is 0 Å². The zero-order valence-electron chi connectivity index (χ0n) is 8.68. The summed E-state index contributed by atoms with van der Waals surface area (Å²) in [5.74, 6) is 2.02. The van der Waals surface area contributed by atoms with Gasteiger partial charge in [0.2, 0.25) is 0 Å². The summed E-state index contributed by atoms with van der Waals surface area (Å²) in [6.45, 7) is 4.52. The average Bonchev–Trinajstić information content (AvgIpc) is 2.15. The molecule has 0 aliphatic heterocycles. The topological polar surface area (TPSA) is 0 Å². The third kappa shape index (κ3) is 4.74. The van der Waals surface area contributed by atoms with Crippen LogP contribution in [0.25, 0.3) is 0 Å². The van der Waals surface area contributed by atoms with E-state index in [1.54, 1.807) is 0 Å². The van der Waals surface area contributed by atoms with Crippen LogP contribution in [0.3, 0.4) is 0 Å². The van der Waals surface area contributed by atoms with Crippen LogP contribution in [-0.2, 0) is 0 Å². The van der Waals surface area contributed by atoms with Crippen LogP contribution in [0.15, 0.2) is 0 Å². The van der Waals surface area contributed by atoms with Gasteiger partial charge in [-0.1, -0.05) is 71.9 Å². The zero-order valence-corrected chi connectivity index (χ0v) is 8.68. The van der Waals surface area contributed by atoms with Crippen LogP contribution >= 0.6 is 0 Å². The first-order chi connectivity index (χ1) is 5.86. The van der Waals surface area contributed by atoms with Crippen LogP contribution in [0.1, 0.15) is 59.3 Å². The van der Waals surface area contributed by atoms with Crippen molar-refractivity contribution in [1.29, 1.82) is 0 Å². The van der Waals surface area contributed by atoms with Crippen LogP contribution in [-0.4, -0.2) is 7.28 Å². The van der Waals surface area contributed by atoms with Gasteiger partial charge in [-0.15, -0.1) is 0 Å². The van der Waals surface area contributed by atoms with Crippen molar-refractivity contribution in [2.24, 2.45) is 5.92 Å². The van der Waals surface area contributed by atoms with Crippen molar-refractivity contribution in [3.63, 3.8) is 0 Å². The van der Waals surface area contributed by atoms with Gasteiger partial charge in [0.1, 0.15) is 7.28 Å². The molecule has 0 amide bonds. The minimum Gasteiger partial charge on any atom is -0.0917 e. The first-order valence-corrected chi connectivity index (χ1v) is 5.66. The minimum atomic E-state index is 0. The highest BCUT2D eigenvalue weighted by atomic mass is 14.2. The van der Waals surface area contributed by atoms with Crippen molar-refractivity contribution in [2.45, 2.75) is 71.9 Å². The highest BCUT2D eigenvalue weighted by Gasteiger charge is 2.19. The molecule has 77 valence electrons. The van der Waals surface area contributed by atoms with Crippen molar-refractivity contribution in [1.82, 2.24) is 0 Å². The second kappa shape index (κ2) is 7.47. The Hall–Kier alpha value is 0.0649. The first-order valence-electron chi connectivity index (χ1n) is 5.66. The van der Waals surface area contributed by atoms with Crippen LogP contribution in [0, 0.1) is 5.92 Å². The summed E-state index contributed by atoms with van der Waals surface area (Å²) in [6, 6.07) is 0. The normalized spacial score (nSPS) is 27.8. The number of hydrogen-bond acceptors (Lipinski definition) is 0. The third-order valence-electron chi connectivity index (χ3n) is 3.33. The molecule has 1 aliphatic rings. The molecule has 0 spiro atoms. The molecule has 0 heterocycles. The van der Waals surface area contributed by atoms with Gasteiger partial charge >= 0.3 is 0 Å². The largest absolute Gasteiger partial charge is 0.110 e. The summed E-state index contributed by atoms with van der Waals surface area (Å²) in [4.78, 5) is 0. The maximum atomic E-state index is 2.40. The van der Waals surface area contributed by atoms with E-state index in [1.165, 1.54) is 44.9 Å². The maximum absolute atomic E-state index is 2.40. The molecular formula is C12H26B. The van der Waals surface area contributed by atoms with E-state index in [9.17, 15) is 0 Å². The fourth-order valence-electron chi connectivity index (χ4n) is 2.30. The molecule has 0 aromatic heterocycles. The standard InChI is InChI=1S/C11H22B.CH4/c1-3-4-5-10-6-8-11(12-2)9-7-10;/h10-11H,3-9H2,1-2H3;1H4. The molecule has 0 bridgehead atoms. The van der Waals surface area contributed by atoms with Gasteiger partial charge in [-0.05, 0) is 5.92 Å². The van der Waals surface area contributed by atoms with Gasteiger partial charge in [0, 0.05) is 0 Å². The average molecular weight is 181 g/mol. The maximum Gasteiger partial charge on any atom is 0.110 e. The van der Waals surface area contributed by atoms with Crippen molar-refractivity contribution < 1.29 is 0 Å². The number of hydrogen-bond donors (Lipinski definition) is 0. The van der Waals surface area contributed by atoms with Gasteiger partial charge in [0.25, 0.3) is 0 Å². The Labute approximate surface area is 85.7 Å². The zero-order chi connectivity index (χ0) is 8.81. The van der Waals surface area contributed by atoms with E-state index in [0.717, 1.165) is 11.7 Å². The molecule has 1 heteroatoms. The van der Waals surface area contributed by atoms with E-state index in [-0.39, 0.29) is 7.43 Å². The summed E-state index contributed by atoms with van der Waals surface area (Å²) in [7, 11) is 2.40. The Balaban J connectivity index is 0.00000144. The predicted octanol–water partition coefficient (Wildman–Crippen LogP) is 4.54. The van der Waals surface area contributed by atoms with E-state index in [2.05, 4.69) is 21.0 Å². The van der Waals surface area contributed by atoms with Crippen LogP contribution in [0.4, 0.5) is 0 Å².